The van der Waals surface area contributed by atoms with Crippen LogP contribution in [-0.4, -0.2) is 26.9 Å². The molecule has 0 aliphatic carbocycles. The average Bonchev–Trinajstić information content (AvgIpc) is 3.01. The van der Waals surface area contributed by atoms with Crippen molar-refractivity contribution in [2.75, 3.05) is 5.32 Å². The van der Waals surface area contributed by atoms with Gasteiger partial charge in [0.2, 0.25) is 11.8 Å². The molecule has 0 fully saturated rings. The standard InChI is InChI=1S/C17H19N5O3/c1-10-8-15(25-21-10)19-16(23)11(2)18-9-14-12-6-4-5-7-13(12)17(24)22(3)20-14/h4-8,11,18H,9H2,1-3H3,(H,19,23). The fourth-order valence-electron chi connectivity index (χ4n) is 2.50. The molecule has 2 N–H and O–H groups in total. The number of aromatic nitrogens is 3. The van der Waals surface area contributed by atoms with Gasteiger partial charge in [-0.15, -0.1) is 0 Å². The number of nitrogens with one attached hydrogen (secondary N) is 2. The van der Waals surface area contributed by atoms with Crippen molar-refractivity contribution < 1.29 is 9.32 Å². The number of nitrogens with zero attached hydrogens (tertiary/aromatic N) is 3. The molecule has 1 unspecified atom stereocenters. The Morgan fingerprint density at radius 1 is 1.32 bits per heavy atom. The van der Waals surface area contributed by atoms with Crippen LogP contribution in [0.1, 0.15) is 18.3 Å². The lowest BCUT2D eigenvalue weighted by Gasteiger charge is -2.14. The number of carbonyl (C=O) groups excluding carboxylic acids is 1. The second-order valence-electron chi connectivity index (χ2n) is 5.85. The normalized spacial score (nSPS) is 12.3. The van der Waals surface area contributed by atoms with Crippen LogP contribution in [0.3, 0.4) is 0 Å². The van der Waals surface area contributed by atoms with Crippen LogP contribution in [0.2, 0.25) is 0 Å². The SMILES string of the molecule is Cc1cc(NC(=O)C(C)NCc2nn(C)c(=O)c3ccccc23)on1. The Morgan fingerprint density at radius 3 is 2.72 bits per heavy atom. The van der Waals surface area contributed by atoms with E-state index in [4.69, 9.17) is 4.52 Å². The third-order valence-corrected chi connectivity index (χ3v) is 3.88. The summed E-state index contributed by atoms with van der Waals surface area (Å²) in [5.74, 6) is 0.0621. The largest absolute Gasteiger partial charge is 0.338 e. The van der Waals surface area contributed by atoms with E-state index in [1.807, 2.05) is 18.2 Å². The summed E-state index contributed by atoms with van der Waals surface area (Å²) >= 11 is 0. The van der Waals surface area contributed by atoms with Gasteiger partial charge in [-0.3, -0.25) is 14.9 Å². The van der Waals surface area contributed by atoms with Gasteiger partial charge in [0.05, 0.1) is 22.8 Å². The Hall–Kier alpha value is -3.00. The molecule has 0 saturated heterocycles. The van der Waals surface area contributed by atoms with Crippen LogP contribution in [0.4, 0.5) is 5.88 Å². The highest BCUT2D eigenvalue weighted by molar-refractivity contribution is 5.93. The zero-order chi connectivity index (χ0) is 18.0. The molecular formula is C17H19N5O3. The van der Waals surface area contributed by atoms with E-state index in [2.05, 4.69) is 20.9 Å². The van der Waals surface area contributed by atoms with Gasteiger partial charge in [0.15, 0.2) is 0 Å². The average molecular weight is 341 g/mol. The molecule has 0 bridgehead atoms. The second-order valence-corrected chi connectivity index (χ2v) is 5.85. The molecular weight excluding hydrogens is 322 g/mol. The molecule has 0 spiro atoms. The number of hydrogen-bond acceptors (Lipinski definition) is 6. The van der Waals surface area contributed by atoms with Crippen molar-refractivity contribution in [1.29, 1.82) is 0 Å². The van der Waals surface area contributed by atoms with Crippen LogP contribution in [0.5, 0.6) is 0 Å². The summed E-state index contributed by atoms with van der Waals surface area (Å²) in [6.07, 6.45) is 0. The Morgan fingerprint density at radius 2 is 2.04 bits per heavy atom. The molecule has 1 atom stereocenters. The molecule has 0 aliphatic rings. The van der Waals surface area contributed by atoms with E-state index in [-0.39, 0.29) is 11.5 Å². The van der Waals surface area contributed by atoms with E-state index in [1.54, 1.807) is 33.0 Å². The van der Waals surface area contributed by atoms with E-state index in [0.717, 1.165) is 5.39 Å². The number of amides is 1. The summed E-state index contributed by atoms with van der Waals surface area (Å²) in [6.45, 7) is 3.86. The molecule has 3 rings (SSSR count). The molecule has 8 nitrogen and oxygen atoms in total. The maximum atomic E-state index is 12.2. The van der Waals surface area contributed by atoms with Crippen molar-refractivity contribution in [1.82, 2.24) is 20.3 Å². The Labute approximate surface area is 143 Å². The number of rotatable bonds is 5. The van der Waals surface area contributed by atoms with E-state index in [0.29, 0.717) is 29.2 Å². The van der Waals surface area contributed by atoms with Gasteiger partial charge >= 0.3 is 0 Å². The first-order valence-electron chi connectivity index (χ1n) is 7.88. The summed E-state index contributed by atoms with van der Waals surface area (Å²) < 4.78 is 6.28. The van der Waals surface area contributed by atoms with Crippen molar-refractivity contribution in [2.24, 2.45) is 7.05 Å². The highest BCUT2D eigenvalue weighted by atomic mass is 16.5. The van der Waals surface area contributed by atoms with Crippen LogP contribution < -0.4 is 16.2 Å². The van der Waals surface area contributed by atoms with E-state index in [1.165, 1.54) is 4.68 Å². The molecule has 0 radical (unpaired) electrons. The van der Waals surface area contributed by atoms with Crippen molar-refractivity contribution in [3.05, 3.63) is 52.1 Å². The first-order chi connectivity index (χ1) is 12.0. The van der Waals surface area contributed by atoms with Gasteiger partial charge in [0.25, 0.3) is 5.56 Å². The highest BCUT2D eigenvalue weighted by Crippen LogP contribution is 2.13. The van der Waals surface area contributed by atoms with E-state index >= 15 is 0 Å². The zero-order valence-corrected chi connectivity index (χ0v) is 14.2. The minimum Gasteiger partial charge on any atom is -0.338 e. The smallest absolute Gasteiger partial charge is 0.274 e. The summed E-state index contributed by atoms with van der Waals surface area (Å²) in [5, 5.41) is 15.2. The summed E-state index contributed by atoms with van der Waals surface area (Å²) in [6, 6.07) is 8.45. The zero-order valence-electron chi connectivity index (χ0n) is 14.2. The van der Waals surface area contributed by atoms with Gasteiger partial charge in [0.1, 0.15) is 0 Å². The Kier molecular flexibility index (Phi) is 4.62. The number of aryl methyl sites for hydroxylation is 2. The van der Waals surface area contributed by atoms with Gasteiger partial charge < -0.3 is 9.84 Å². The minimum atomic E-state index is -0.483. The summed E-state index contributed by atoms with van der Waals surface area (Å²) in [5.41, 5.74) is 1.25. The number of benzene rings is 1. The molecule has 2 aromatic heterocycles. The fourth-order valence-corrected chi connectivity index (χ4v) is 2.50. The summed E-state index contributed by atoms with van der Waals surface area (Å²) in [4.78, 5) is 24.3. The second kappa shape index (κ2) is 6.86. The van der Waals surface area contributed by atoms with Crippen molar-refractivity contribution in [3.63, 3.8) is 0 Å². The van der Waals surface area contributed by atoms with Crippen LogP contribution in [0.25, 0.3) is 10.8 Å². The predicted octanol–water partition coefficient (Wildman–Crippen LogP) is 1.35. The lowest BCUT2D eigenvalue weighted by molar-refractivity contribution is -0.117. The van der Waals surface area contributed by atoms with E-state index < -0.39 is 6.04 Å². The van der Waals surface area contributed by atoms with Gasteiger partial charge in [-0.25, -0.2) is 4.68 Å². The van der Waals surface area contributed by atoms with Crippen LogP contribution >= 0.6 is 0 Å². The number of anilines is 1. The quantitative estimate of drug-likeness (QED) is 0.726. The van der Waals surface area contributed by atoms with Gasteiger partial charge in [-0.1, -0.05) is 23.4 Å². The fraction of sp³-hybridized carbons (Fsp3) is 0.294. The third kappa shape index (κ3) is 3.58. The molecule has 8 heteroatoms. The number of fused-ring (bicyclic) bond motifs is 1. The van der Waals surface area contributed by atoms with Crippen LogP contribution in [0.15, 0.2) is 39.6 Å². The first kappa shape index (κ1) is 16.8. The predicted molar refractivity (Wildman–Crippen MR) is 93.2 cm³/mol. The molecule has 1 aromatic carbocycles. The lowest BCUT2D eigenvalue weighted by atomic mass is 10.1. The molecule has 3 aromatic rings. The monoisotopic (exact) mass is 341 g/mol. The van der Waals surface area contributed by atoms with Crippen molar-refractivity contribution in [3.8, 4) is 0 Å². The molecule has 2 heterocycles. The van der Waals surface area contributed by atoms with Gasteiger partial charge in [-0.2, -0.15) is 5.10 Å². The topological polar surface area (TPSA) is 102 Å². The van der Waals surface area contributed by atoms with Crippen molar-refractivity contribution in [2.45, 2.75) is 26.4 Å². The molecule has 130 valence electrons. The lowest BCUT2D eigenvalue weighted by Crippen LogP contribution is -2.38. The maximum Gasteiger partial charge on any atom is 0.274 e. The number of carbonyl (C=O) groups is 1. The first-order valence-corrected chi connectivity index (χ1v) is 7.88. The molecule has 0 saturated carbocycles. The Bertz CT molecular complexity index is 976. The van der Waals surface area contributed by atoms with Gasteiger partial charge in [0, 0.05) is 25.0 Å². The molecule has 25 heavy (non-hydrogen) atoms. The molecule has 0 aliphatic heterocycles. The molecule has 1 amide bonds. The van der Waals surface area contributed by atoms with Crippen LogP contribution in [0, 0.1) is 6.92 Å². The number of hydrogen-bond donors (Lipinski definition) is 2. The maximum absolute atomic E-state index is 12.2. The third-order valence-electron chi connectivity index (χ3n) is 3.88. The van der Waals surface area contributed by atoms with Crippen LogP contribution in [-0.2, 0) is 18.4 Å². The van der Waals surface area contributed by atoms with Gasteiger partial charge in [-0.05, 0) is 19.9 Å². The van der Waals surface area contributed by atoms with E-state index in [9.17, 15) is 9.59 Å². The highest BCUT2D eigenvalue weighted by Gasteiger charge is 2.16. The Balaban J connectivity index is 1.73. The van der Waals surface area contributed by atoms with Crippen molar-refractivity contribution >= 4 is 22.6 Å². The minimum absolute atomic E-state index is 0.147. The summed E-state index contributed by atoms with van der Waals surface area (Å²) in [7, 11) is 1.61.